The first-order valence-corrected chi connectivity index (χ1v) is 7.06. The number of aliphatic carboxylic acids is 1. The van der Waals surface area contributed by atoms with Crippen LogP contribution in [0.25, 0.3) is 0 Å². The summed E-state index contributed by atoms with van der Waals surface area (Å²) in [4.78, 5) is 44.6. The molecule has 124 valence electrons. The molecular formula is C13H12Cl2N3O5-. The van der Waals surface area contributed by atoms with Crippen LogP contribution in [0.5, 0.6) is 0 Å². The highest BCUT2D eigenvalue weighted by atomic mass is 35.5. The Morgan fingerprint density at radius 1 is 1.00 bits per heavy atom. The van der Waals surface area contributed by atoms with Gasteiger partial charge in [-0.15, -0.1) is 0 Å². The molecule has 23 heavy (non-hydrogen) atoms. The number of carbonyl (C=O) groups excluding carboxylic acids is 4. The summed E-state index contributed by atoms with van der Waals surface area (Å²) in [7, 11) is 0. The van der Waals surface area contributed by atoms with Gasteiger partial charge in [-0.3, -0.25) is 25.2 Å². The van der Waals surface area contributed by atoms with E-state index in [0.29, 0.717) is 5.02 Å². The van der Waals surface area contributed by atoms with Gasteiger partial charge in [0.05, 0.1) is 17.1 Å². The minimum atomic E-state index is -1.38. The first-order valence-electron chi connectivity index (χ1n) is 6.30. The lowest BCUT2D eigenvalue weighted by Crippen LogP contribution is -2.46. The third-order valence-corrected chi connectivity index (χ3v) is 3.03. The normalized spacial score (nSPS) is 9.83. The molecule has 8 nitrogen and oxygen atoms in total. The van der Waals surface area contributed by atoms with Crippen LogP contribution < -0.4 is 21.3 Å². The van der Waals surface area contributed by atoms with Gasteiger partial charge in [0.2, 0.25) is 5.91 Å². The second kappa shape index (κ2) is 8.96. The van der Waals surface area contributed by atoms with Gasteiger partial charge in [-0.25, -0.2) is 0 Å². The largest absolute Gasteiger partial charge is 0.550 e. The summed E-state index contributed by atoms with van der Waals surface area (Å²) in [6.45, 7) is -0.418. The first kappa shape index (κ1) is 18.7. The van der Waals surface area contributed by atoms with Crippen molar-refractivity contribution < 1.29 is 24.3 Å². The van der Waals surface area contributed by atoms with Crippen LogP contribution in [0.3, 0.4) is 0 Å². The van der Waals surface area contributed by atoms with Crippen molar-refractivity contribution in [2.75, 3.05) is 6.54 Å². The molecule has 0 unspecified atom stereocenters. The van der Waals surface area contributed by atoms with Gasteiger partial charge < -0.3 is 15.2 Å². The van der Waals surface area contributed by atoms with Crippen molar-refractivity contribution in [3.63, 3.8) is 0 Å². The van der Waals surface area contributed by atoms with Crippen LogP contribution in [0.15, 0.2) is 18.2 Å². The standard InChI is InChI=1S/C13H13Cl2N3O5/c14-7-1-2-8(9(15)5-7)13(23)16-6-11(20)18-17-10(19)3-4-12(21)22/h1-2,5H,3-4,6H2,(H,16,23)(H,17,19)(H,18,20)(H,21,22)/p-1. The SMILES string of the molecule is O=C([O-])CCC(=O)NNC(=O)CNC(=O)c1ccc(Cl)cc1Cl. The maximum absolute atomic E-state index is 11.8. The number of halogens is 2. The molecule has 0 atom stereocenters. The minimum Gasteiger partial charge on any atom is -0.550 e. The van der Waals surface area contributed by atoms with Gasteiger partial charge in [-0.05, 0) is 24.6 Å². The summed E-state index contributed by atoms with van der Waals surface area (Å²) in [6, 6.07) is 4.26. The number of amides is 3. The van der Waals surface area contributed by atoms with Crippen LogP contribution in [-0.4, -0.2) is 30.2 Å². The van der Waals surface area contributed by atoms with Crippen LogP contribution in [0.4, 0.5) is 0 Å². The quantitative estimate of drug-likeness (QED) is 0.583. The Kier molecular flexibility index (Phi) is 7.30. The molecule has 10 heteroatoms. The molecule has 3 N–H and O–H groups in total. The summed E-state index contributed by atoms with van der Waals surface area (Å²) in [5.41, 5.74) is 4.15. The molecule has 0 aliphatic heterocycles. The number of rotatable bonds is 6. The van der Waals surface area contributed by atoms with E-state index < -0.39 is 36.7 Å². The van der Waals surface area contributed by atoms with E-state index in [1.54, 1.807) is 0 Å². The van der Waals surface area contributed by atoms with E-state index in [9.17, 15) is 24.3 Å². The Morgan fingerprint density at radius 3 is 2.26 bits per heavy atom. The average molecular weight is 361 g/mol. The molecule has 0 heterocycles. The second-order valence-electron chi connectivity index (χ2n) is 4.28. The third kappa shape index (κ3) is 6.98. The number of hydrogen-bond acceptors (Lipinski definition) is 5. The Hall–Kier alpha value is -2.32. The summed E-state index contributed by atoms with van der Waals surface area (Å²) in [5.74, 6) is -3.37. The summed E-state index contributed by atoms with van der Waals surface area (Å²) in [5, 5.41) is 13.0. The average Bonchev–Trinajstić information content (AvgIpc) is 2.48. The van der Waals surface area contributed by atoms with Gasteiger partial charge in [0.15, 0.2) is 0 Å². The van der Waals surface area contributed by atoms with E-state index in [1.165, 1.54) is 18.2 Å². The number of carboxylic acids is 1. The van der Waals surface area contributed by atoms with Crippen molar-refractivity contribution >= 4 is 46.9 Å². The number of carboxylic acid groups (broad SMARTS) is 1. The molecule has 0 saturated heterocycles. The zero-order chi connectivity index (χ0) is 17.4. The topological polar surface area (TPSA) is 127 Å². The molecule has 0 aliphatic rings. The number of hydrogen-bond donors (Lipinski definition) is 3. The van der Waals surface area contributed by atoms with Gasteiger partial charge >= 0.3 is 0 Å². The number of benzene rings is 1. The lowest BCUT2D eigenvalue weighted by Gasteiger charge is -2.09. The van der Waals surface area contributed by atoms with Crippen molar-refractivity contribution in [3.05, 3.63) is 33.8 Å². The Bertz CT molecular complexity index is 636. The molecular weight excluding hydrogens is 349 g/mol. The van der Waals surface area contributed by atoms with Crippen molar-refractivity contribution in [2.24, 2.45) is 0 Å². The Morgan fingerprint density at radius 2 is 1.65 bits per heavy atom. The van der Waals surface area contributed by atoms with Crippen molar-refractivity contribution in [3.8, 4) is 0 Å². The van der Waals surface area contributed by atoms with E-state index in [1.807, 2.05) is 10.9 Å². The van der Waals surface area contributed by atoms with Crippen LogP contribution in [0, 0.1) is 0 Å². The van der Waals surface area contributed by atoms with Crippen molar-refractivity contribution in [2.45, 2.75) is 12.8 Å². The molecule has 0 aromatic heterocycles. The predicted molar refractivity (Wildman–Crippen MR) is 79.3 cm³/mol. The predicted octanol–water partition coefficient (Wildman–Crippen LogP) is -0.599. The molecule has 1 rings (SSSR count). The molecule has 0 radical (unpaired) electrons. The molecule has 0 fully saturated rings. The molecule has 0 saturated carbocycles. The van der Waals surface area contributed by atoms with Gasteiger partial charge in [0.25, 0.3) is 11.8 Å². The van der Waals surface area contributed by atoms with Gasteiger partial charge in [-0.2, -0.15) is 0 Å². The fourth-order valence-corrected chi connectivity index (χ4v) is 1.89. The van der Waals surface area contributed by atoms with Crippen molar-refractivity contribution in [1.82, 2.24) is 16.2 Å². The third-order valence-electron chi connectivity index (χ3n) is 2.48. The molecule has 1 aromatic carbocycles. The van der Waals surface area contributed by atoms with E-state index in [-0.39, 0.29) is 17.0 Å². The van der Waals surface area contributed by atoms with Gasteiger partial charge in [-0.1, -0.05) is 23.2 Å². The lowest BCUT2D eigenvalue weighted by atomic mass is 10.2. The summed E-state index contributed by atoms with van der Waals surface area (Å²) in [6.07, 6.45) is -0.803. The summed E-state index contributed by atoms with van der Waals surface area (Å²) >= 11 is 11.6. The second-order valence-corrected chi connectivity index (χ2v) is 5.12. The summed E-state index contributed by atoms with van der Waals surface area (Å²) < 4.78 is 0. The smallest absolute Gasteiger partial charge is 0.257 e. The lowest BCUT2D eigenvalue weighted by molar-refractivity contribution is -0.305. The Labute approximate surface area is 141 Å². The zero-order valence-electron chi connectivity index (χ0n) is 11.7. The molecule has 0 bridgehead atoms. The molecule has 0 aliphatic carbocycles. The number of hydrazine groups is 1. The van der Waals surface area contributed by atoms with E-state index in [2.05, 4.69) is 5.32 Å². The molecule has 1 aromatic rings. The molecule has 3 amide bonds. The van der Waals surface area contributed by atoms with E-state index >= 15 is 0 Å². The van der Waals surface area contributed by atoms with Crippen LogP contribution >= 0.6 is 23.2 Å². The monoisotopic (exact) mass is 360 g/mol. The molecule has 0 spiro atoms. The fourth-order valence-electron chi connectivity index (χ4n) is 1.39. The van der Waals surface area contributed by atoms with Gasteiger partial charge in [0, 0.05) is 17.4 Å². The van der Waals surface area contributed by atoms with Gasteiger partial charge in [0.1, 0.15) is 0 Å². The van der Waals surface area contributed by atoms with Crippen LogP contribution in [0.1, 0.15) is 23.2 Å². The van der Waals surface area contributed by atoms with Crippen LogP contribution in [0.2, 0.25) is 10.0 Å². The first-order chi connectivity index (χ1) is 10.8. The highest BCUT2D eigenvalue weighted by molar-refractivity contribution is 6.36. The zero-order valence-corrected chi connectivity index (χ0v) is 13.2. The Balaban J connectivity index is 2.36. The van der Waals surface area contributed by atoms with Crippen LogP contribution in [-0.2, 0) is 14.4 Å². The highest BCUT2D eigenvalue weighted by Gasteiger charge is 2.12. The van der Waals surface area contributed by atoms with E-state index in [4.69, 9.17) is 23.2 Å². The fraction of sp³-hybridized carbons (Fsp3) is 0.231. The maximum atomic E-state index is 11.8. The minimum absolute atomic E-state index is 0.131. The number of nitrogens with one attached hydrogen (secondary N) is 3. The number of carbonyl (C=O) groups is 4. The van der Waals surface area contributed by atoms with Crippen molar-refractivity contribution in [1.29, 1.82) is 0 Å². The maximum Gasteiger partial charge on any atom is 0.257 e. The highest BCUT2D eigenvalue weighted by Crippen LogP contribution is 2.20. The van der Waals surface area contributed by atoms with E-state index in [0.717, 1.165) is 0 Å².